The van der Waals surface area contributed by atoms with Crippen molar-refractivity contribution in [2.45, 2.75) is 25.0 Å². The number of aromatic nitrogens is 1. The fourth-order valence-electron chi connectivity index (χ4n) is 1.95. The third-order valence-electron chi connectivity index (χ3n) is 3.16. The normalized spacial score (nSPS) is 11.8. The molecule has 0 fully saturated rings. The minimum Gasteiger partial charge on any atom is -0.392 e. The Bertz CT molecular complexity index is 670. The van der Waals surface area contributed by atoms with Crippen LogP contribution in [-0.4, -0.2) is 29.4 Å². The summed E-state index contributed by atoms with van der Waals surface area (Å²) in [6.45, 7) is 2.29. The lowest BCUT2D eigenvalue weighted by atomic mass is 10.2. The van der Waals surface area contributed by atoms with E-state index in [9.17, 15) is 8.42 Å². The van der Waals surface area contributed by atoms with E-state index in [0.29, 0.717) is 17.8 Å². The molecule has 2 rings (SSSR count). The van der Waals surface area contributed by atoms with E-state index in [1.165, 1.54) is 16.4 Å². The van der Waals surface area contributed by atoms with Gasteiger partial charge in [-0.3, -0.25) is 4.98 Å². The number of pyridine rings is 1. The zero-order chi connectivity index (χ0) is 15.3. The molecule has 0 aliphatic rings. The first-order valence-corrected chi connectivity index (χ1v) is 8.11. The number of aliphatic hydroxyl groups is 1. The van der Waals surface area contributed by atoms with Crippen LogP contribution in [0.4, 0.5) is 0 Å². The maximum absolute atomic E-state index is 12.6. The van der Waals surface area contributed by atoms with Crippen LogP contribution in [0.25, 0.3) is 0 Å². The standard InChI is InChI=1S/C15H18N2O3S/c1-2-17(11-14-5-3-4-10-16-14)21(19,20)15-8-6-13(12-18)7-9-15/h3-10,18H,2,11-12H2,1H3. The quantitative estimate of drug-likeness (QED) is 0.883. The van der Waals surface area contributed by atoms with E-state index in [2.05, 4.69) is 4.98 Å². The van der Waals surface area contributed by atoms with E-state index in [4.69, 9.17) is 5.11 Å². The Kier molecular flexibility index (Phi) is 5.06. The lowest BCUT2D eigenvalue weighted by Crippen LogP contribution is -2.30. The summed E-state index contributed by atoms with van der Waals surface area (Å²) in [5.74, 6) is 0. The fourth-order valence-corrected chi connectivity index (χ4v) is 3.38. The van der Waals surface area contributed by atoms with Crippen molar-refractivity contribution in [1.82, 2.24) is 9.29 Å². The molecule has 112 valence electrons. The van der Waals surface area contributed by atoms with E-state index < -0.39 is 10.0 Å². The van der Waals surface area contributed by atoms with Gasteiger partial charge in [-0.05, 0) is 29.8 Å². The second kappa shape index (κ2) is 6.80. The zero-order valence-corrected chi connectivity index (χ0v) is 12.6. The van der Waals surface area contributed by atoms with Gasteiger partial charge >= 0.3 is 0 Å². The van der Waals surface area contributed by atoms with Crippen molar-refractivity contribution in [3.05, 3.63) is 59.9 Å². The third-order valence-corrected chi connectivity index (χ3v) is 5.10. The minimum atomic E-state index is -3.56. The van der Waals surface area contributed by atoms with Gasteiger partial charge in [0, 0.05) is 12.7 Å². The minimum absolute atomic E-state index is 0.105. The van der Waals surface area contributed by atoms with Crippen LogP contribution < -0.4 is 0 Å². The molecule has 0 saturated heterocycles. The molecule has 21 heavy (non-hydrogen) atoms. The lowest BCUT2D eigenvalue weighted by molar-refractivity contribution is 0.281. The van der Waals surface area contributed by atoms with Crippen molar-refractivity contribution in [1.29, 1.82) is 0 Å². The third kappa shape index (κ3) is 3.66. The highest BCUT2D eigenvalue weighted by molar-refractivity contribution is 7.89. The number of benzene rings is 1. The summed E-state index contributed by atoms with van der Waals surface area (Å²) in [5, 5.41) is 9.01. The smallest absolute Gasteiger partial charge is 0.243 e. The second-order valence-electron chi connectivity index (χ2n) is 4.55. The average Bonchev–Trinajstić information content (AvgIpc) is 2.53. The molecule has 0 aliphatic carbocycles. The number of rotatable bonds is 6. The van der Waals surface area contributed by atoms with Gasteiger partial charge in [0.1, 0.15) is 0 Å². The molecule has 6 heteroatoms. The molecular formula is C15H18N2O3S. The maximum Gasteiger partial charge on any atom is 0.243 e. The van der Waals surface area contributed by atoms with Gasteiger partial charge in [-0.25, -0.2) is 8.42 Å². The van der Waals surface area contributed by atoms with E-state index in [0.717, 1.165) is 0 Å². The Morgan fingerprint density at radius 1 is 1.14 bits per heavy atom. The van der Waals surface area contributed by atoms with E-state index >= 15 is 0 Å². The SMILES string of the molecule is CCN(Cc1ccccn1)S(=O)(=O)c1ccc(CO)cc1. The predicted octanol–water partition coefficient (Wildman–Crippen LogP) is 1.78. The van der Waals surface area contributed by atoms with Crippen LogP contribution in [0.1, 0.15) is 18.2 Å². The summed E-state index contributed by atoms with van der Waals surface area (Å²) in [6.07, 6.45) is 1.64. The summed E-state index contributed by atoms with van der Waals surface area (Å²) in [7, 11) is -3.56. The Balaban J connectivity index is 2.26. The molecule has 1 aromatic heterocycles. The van der Waals surface area contributed by atoms with Gasteiger partial charge in [0.2, 0.25) is 10.0 Å². The van der Waals surface area contributed by atoms with E-state index in [1.807, 2.05) is 6.07 Å². The molecule has 0 atom stereocenters. The molecule has 5 nitrogen and oxygen atoms in total. The van der Waals surface area contributed by atoms with Crippen molar-refractivity contribution < 1.29 is 13.5 Å². The van der Waals surface area contributed by atoms with Crippen molar-refractivity contribution in [3.8, 4) is 0 Å². The molecule has 0 unspecified atom stereocenters. The van der Waals surface area contributed by atoms with Gasteiger partial charge in [-0.1, -0.05) is 25.1 Å². The molecule has 1 aromatic carbocycles. The Hall–Kier alpha value is -1.76. The van der Waals surface area contributed by atoms with Gasteiger partial charge in [0.15, 0.2) is 0 Å². The molecule has 0 radical (unpaired) electrons. The first-order valence-electron chi connectivity index (χ1n) is 6.67. The van der Waals surface area contributed by atoms with Crippen LogP contribution in [0, 0.1) is 0 Å². The van der Waals surface area contributed by atoms with Gasteiger partial charge < -0.3 is 5.11 Å². The van der Waals surface area contributed by atoms with Crippen LogP contribution in [0.3, 0.4) is 0 Å². The van der Waals surface area contributed by atoms with Gasteiger partial charge in [0.25, 0.3) is 0 Å². The van der Waals surface area contributed by atoms with E-state index in [-0.39, 0.29) is 18.0 Å². The summed E-state index contributed by atoms with van der Waals surface area (Å²) in [5.41, 5.74) is 1.39. The lowest BCUT2D eigenvalue weighted by Gasteiger charge is -2.20. The highest BCUT2D eigenvalue weighted by Gasteiger charge is 2.23. The van der Waals surface area contributed by atoms with Crippen LogP contribution in [0.5, 0.6) is 0 Å². The predicted molar refractivity (Wildman–Crippen MR) is 79.9 cm³/mol. The number of hydrogen-bond donors (Lipinski definition) is 1. The van der Waals surface area contributed by atoms with Crippen LogP contribution in [0.2, 0.25) is 0 Å². The summed E-state index contributed by atoms with van der Waals surface area (Å²) >= 11 is 0. The summed E-state index contributed by atoms with van der Waals surface area (Å²) in [6, 6.07) is 11.7. The highest BCUT2D eigenvalue weighted by atomic mass is 32.2. The Morgan fingerprint density at radius 2 is 1.86 bits per heavy atom. The number of sulfonamides is 1. The maximum atomic E-state index is 12.6. The summed E-state index contributed by atoms with van der Waals surface area (Å²) in [4.78, 5) is 4.38. The van der Waals surface area contributed by atoms with Crippen molar-refractivity contribution in [2.24, 2.45) is 0 Å². The average molecular weight is 306 g/mol. The topological polar surface area (TPSA) is 70.5 Å². The summed E-state index contributed by atoms with van der Waals surface area (Å²) < 4.78 is 26.6. The van der Waals surface area contributed by atoms with Gasteiger partial charge in [-0.2, -0.15) is 4.31 Å². The molecule has 1 N–H and O–H groups in total. The first kappa shape index (κ1) is 15.6. The Morgan fingerprint density at radius 3 is 2.38 bits per heavy atom. The van der Waals surface area contributed by atoms with E-state index in [1.54, 1.807) is 37.4 Å². The van der Waals surface area contributed by atoms with Crippen LogP contribution >= 0.6 is 0 Å². The molecular weight excluding hydrogens is 288 g/mol. The van der Waals surface area contributed by atoms with Crippen molar-refractivity contribution in [3.63, 3.8) is 0 Å². The molecule has 0 bridgehead atoms. The number of hydrogen-bond acceptors (Lipinski definition) is 4. The van der Waals surface area contributed by atoms with Crippen molar-refractivity contribution in [2.75, 3.05) is 6.54 Å². The first-order chi connectivity index (χ1) is 10.1. The molecule has 0 amide bonds. The Labute approximate surface area is 124 Å². The number of nitrogens with zero attached hydrogens (tertiary/aromatic N) is 2. The van der Waals surface area contributed by atoms with Crippen LogP contribution in [-0.2, 0) is 23.2 Å². The monoisotopic (exact) mass is 306 g/mol. The molecule has 0 spiro atoms. The highest BCUT2D eigenvalue weighted by Crippen LogP contribution is 2.18. The number of aliphatic hydroxyl groups excluding tert-OH is 1. The molecule has 2 aromatic rings. The molecule has 1 heterocycles. The largest absolute Gasteiger partial charge is 0.392 e. The fraction of sp³-hybridized carbons (Fsp3) is 0.267. The van der Waals surface area contributed by atoms with Gasteiger partial charge in [-0.15, -0.1) is 0 Å². The molecule has 0 aliphatic heterocycles. The second-order valence-corrected chi connectivity index (χ2v) is 6.49. The van der Waals surface area contributed by atoms with Crippen molar-refractivity contribution >= 4 is 10.0 Å². The molecule has 0 saturated carbocycles. The van der Waals surface area contributed by atoms with Crippen LogP contribution in [0.15, 0.2) is 53.6 Å². The van der Waals surface area contributed by atoms with Gasteiger partial charge in [0.05, 0.1) is 23.7 Å². The zero-order valence-electron chi connectivity index (χ0n) is 11.8.